The van der Waals surface area contributed by atoms with Gasteiger partial charge in [0.25, 0.3) is 0 Å². The molecule has 0 spiro atoms. The number of nitrogens with zero attached hydrogens (tertiary/aromatic N) is 2. The fourth-order valence-corrected chi connectivity index (χ4v) is 1.86. The number of carbonyl (C=O) groups is 1. The minimum atomic E-state index is -1.00. The van der Waals surface area contributed by atoms with Crippen molar-refractivity contribution in [3.63, 3.8) is 0 Å². The number of rotatable bonds is 3. The number of carboxylic acid groups (broad SMARTS) is 1. The van der Waals surface area contributed by atoms with E-state index in [4.69, 9.17) is 5.11 Å². The van der Waals surface area contributed by atoms with Crippen molar-refractivity contribution in [3.05, 3.63) is 47.9 Å². The molecule has 1 aliphatic carbocycles. The lowest BCUT2D eigenvalue weighted by Gasteiger charge is -2.05. The van der Waals surface area contributed by atoms with Crippen LogP contribution in [0.25, 0.3) is 11.3 Å². The maximum atomic E-state index is 11.1. The van der Waals surface area contributed by atoms with E-state index in [0.717, 1.165) is 18.4 Å². The summed E-state index contributed by atoms with van der Waals surface area (Å²) in [5, 5.41) is 9.09. The Morgan fingerprint density at radius 2 is 1.89 bits per heavy atom. The summed E-state index contributed by atoms with van der Waals surface area (Å²) in [5.74, 6) is -0.00278. The second-order valence-corrected chi connectivity index (χ2v) is 4.44. The monoisotopic (exact) mass is 240 g/mol. The molecule has 0 unspecified atom stereocenters. The highest BCUT2D eigenvalue weighted by Crippen LogP contribution is 2.38. The third-order valence-corrected chi connectivity index (χ3v) is 2.97. The maximum absolute atomic E-state index is 11.1. The van der Waals surface area contributed by atoms with E-state index in [-0.39, 0.29) is 5.69 Å². The van der Waals surface area contributed by atoms with E-state index in [1.165, 1.54) is 6.07 Å². The molecule has 0 aliphatic heterocycles. The van der Waals surface area contributed by atoms with Gasteiger partial charge < -0.3 is 5.11 Å². The Balaban J connectivity index is 2.11. The predicted octanol–water partition coefficient (Wildman–Crippen LogP) is 2.72. The molecule has 1 saturated carbocycles. The van der Waals surface area contributed by atoms with Crippen molar-refractivity contribution in [1.82, 2.24) is 9.97 Å². The largest absolute Gasteiger partial charge is 0.477 e. The highest BCUT2D eigenvalue weighted by molar-refractivity contribution is 5.86. The van der Waals surface area contributed by atoms with Gasteiger partial charge in [-0.2, -0.15) is 0 Å². The van der Waals surface area contributed by atoms with Crippen LogP contribution in [0.5, 0.6) is 0 Å². The summed E-state index contributed by atoms with van der Waals surface area (Å²) in [6, 6.07) is 11.1. The Morgan fingerprint density at radius 1 is 1.17 bits per heavy atom. The first-order valence-corrected chi connectivity index (χ1v) is 5.92. The van der Waals surface area contributed by atoms with Crippen LogP contribution in [0.15, 0.2) is 36.4 Å². The molecule has 2 aromatic rings. The minimum Gasteiger partial charge on any atom is -0.477 e. The van der Waals surface area contributed by atoms with Crippen LogP contribution in [0.3, 0.4) is 0 Å². The molecule has 0 saturated heterocycles. The van der Waals surface area contributed by atoms with E-state index < -0.39 is 5.97 Å². The first-order chi connectivity index (χ1) is 8.74. The van der Waals surface area contributed by atoms with Crippen molar-refractivity contribution in [2.45, 2.75) is 18.8 Å². The number of benzene rings is 1. The lowest BCUT2D eigenvalue weighted by Crippen LogP contribution is -2.05. The Bertz CT molecular complexity index is 592. The smallest absolute Gasteiger partial charge is 0.354 e. The van der Waals surface area contributed by atoms with Crippen LogP contribution in [0.2, 0.25) is 0 Å². The van der Waals surface area contributed by atoms with Gasteiger partial charge >= 0.3 is 5.97 Å². The molecule has 4 heteroatoms. The van der Waals surface area contributed by atoms with Crippen LogP contribution in [0.1, 0.15) is 35.1 Å². The molecular formula is C14H12N2O2. The molecule has 4 nitrogen and oxygen atoms in total. The summed E-state index contributed by atoms with van der Waals surface area (Å²) in [6.07, 6.45) is 2.11. The normalized spacial score (nSPS) is 14.4. The van der Waals surface area contributed by atoms with Gasteiger partial charge in [-0.05, 0) is 18.9 Å². The summed E-state index contributed by atoms with van der Waals surface area (Å²) in [4.78, 5) is 19.7. The Labute approximate surface area is 104 Å². The van der Waals surface area contributed by atoms with Crippen LogP contribution in [0.4, 0.5) is 0 Å². The first kappa shape index (κ1) is 10.9. The summed E-state index contributed by atoms with van der Waals surface area (Å²) in [7, 11) is 0. The van der Waals surface area contributed by atoms with Gasteiger partial charge in [0, 0.05) is 11.5 Å². The van der Waals surface area contributed by atoms with Gasteiger partial charge in [-0.1, -0.05) is 30.3 Å². The molecule has 1 fully saturated rings. The highest BCUT2D eigenvalue weighted by atomic mass is 16.4. The third-order valence-electron chi connectivity index (χ3n) is 2.97. The van der Waals surface area contributed by atoms with Crippen molar-refractivity contribution in [2.75, 3.05) is 0 Å². The molecule has 0 radical (unpaired) electrons. The summed E-state index contributed by atoms with van der Waals surface area (Å²) in [6.45, 7) is 0. The van der Waals surface area contributed by atoms with Crippen molar-refractivity contribution < 1.29 is 9.90 Å². The van der Waals surface area contributed by atoms with E-state index in [1.54, 1.807) is 0 Å². The van der Waals surface area contributed by atoms with Gasteiger partial charge in [0.05, 0.1) is 5.69 Å². The SMILES string of the molecule is O=C(O)c1cc(-c2ccccc2)nc(C2CC2)n1. The van der Waals surface area contributed by atoms with Gasteiger partial charge in [0.15, 0.2) is 5.69 Å². The molecule has 0 atom stereocenters. The molecule has 18 heavy (non-hydrogen) atoms. The van der Waals surface area contributed by atoms with E-state index in [9.17, 15) is 4.79 Å². The number of aromatic carboxylic acids is 1. The lowest BCUT2D eigenvalue weighted by atomic mass is 10.1. The maximum Gasteiger partial charge on any atom is 0.354 e. The molecule has 90 valence electrons. The topological polar surface area (TPSA) is 63.1 Å². The zero-order valence-electron chi connectivity index (χ0n) is 9.71. The van der Waals surface area contributed by atoms with Crippen LogP contribution < -0.4 is 0 Å². The van der Waals surface area contributed by atoms with Crippen LogP contribution in [-0.4, -0.2) is 21.0 Å². The molecule has 1 N–H and O–H groups in total. The average Bonchev–Trinajstić information content (AvgIpc) is 3.23. The van der Waals surface area contributed by atoms with Gasteiger partial charge in [-0.15, -0.1) is 0 Å². The second kappa shape index (κ2) is 4.22. The average molecular weight is 240 g/mol. The predicted molar refractivity (Wildman–Crippen MR) is 66.4 cm³/mol. The number of aromatic nitrogens is 2. The van der Waals surface area contributed by atoms with E-state index in [2.05, 4.69) is 9.97 Å². The molecule has 1 aromatic carbocycles. The Kier molecular flexibility index (Phi) is 2.55. The molecule has 0 bridgehead atoms. The summed E-state index contributed by atoms with van der Waals surface area (Å²) >= 11 is 0. The fourth-order valence-electron chi connectivity index (χ4n) is 1.86. The molecule has 1 heterocycles. The van der Waals surface area contributed by atoms with Gasteiger partial charge in [0.2, 0.25) is 0 Å². The second-order valence-electron chi connectivity index (χ2n) is 4.44. The van der Waals surface area contributed by atoms with Crippen molar-refractivity contribution in [3.8, 4) is 11.3 Å². The van der Waals surface area contributed by atoms with E-state index in [1.807, 2.05) is 30.3 Å². The zero-order chi connectivity index (χ0) is 12.5. The van der Waals surface area contributed by atoms with Gasteiger partial charge in [0.1, 0.15) is 5.82 Å². The number of carboxylic acids is 1. The van der Waals surface area contributed by atoms with Crippen LogP contribution >= 0.6 is 0 Å². The van der Waals surface area contributed by atoms with Gasteiger partial charge in [-0.25, -0.2) is 14.8 Å². The first-order valence-electron chi connectivity index (χ1n) is 5.92. The van der Waals surface area contributed by atoms with E-state index >= 15 is 0 Å². The van der Waals surface area contributed by atoms with Crippen molar-refractivity contribution in [2.24, 2.45) is 0 Å². The zero-order valence-corrected chi connectivity index (χ0v) is 9.71. The van der Waals surface area contributed by atoms with Crippen LogP contribution in [-0.2, 0) is 0 Å². The Hall–Kier alpha value is -2.23. The number of hydrogen-bond donors (Lipinski definition) is 1. The molecule has 1 aromatic heterocycles. The molecular weight excluding hydrogens is 228 g/mol. The van der Waals surface area contributed by atoms with Crippen molar-refractivity contribution in [1.29, 1.82) is 0 Å². The Morgan fingerprint density at radius 3 is 2.50 bits per heavy atom. The number of hydrogen-bond acceptors (Lipinski definition) is 3. The van der Waals surface area contributed by atoms with Crippen molar-refractivity contribution >= 4 is 5.97 Å². The molecule has 1 aliphatic rings. The van der Waals surface area contributed by atoms with Gasteiger partial charge in [-0.3, -0.25) is 0 Å². The fraction of sp³-hybridized carbons (Fsp3) is 0.214. The molecule has 0 amide bonds. The summed E-state index contributed by atoms with van der Waals surface area (Å²) in [5.41, 5.74) is 1.68. The third kappa shape index (κ3) is 2.09. The lowest BCUT2D eigenvalue weighted by molar-refractivity contribution is 0.0690. The minimum absolute atomic E-state index is 0.0748. The van der Waals surface area contributed by atoms with E-state index in [0.29, 0.717) is 17.4 Å². The standard InChI is InChI=1S/C14H12N2O2/c17-14(18)12-8-11(9-4-2-1-3-5-9)15-13(16-12)10-6-7-10/h1-5,8,10H,6-7H2,(H,17,18). The quantitative estimate of drug-likeness (QED) is 0.895. The van der Waals surface area contributed by atoms with Crippen LogP contribution in [0, 0.1) is 0 Å². The summed E-state index contributed by atoms with van der Waals surface area (Å²) < 4.78 is 0. The molecule has 3 rings (SSSR count). The highest BCUT2D eigenvalue weighted by Gasteiger charge is 2.28.